The van der Waals surface area contributed by atoms with Crippen molar-refractivity contribution in [2.24, 2.45) is 0 Å². The van der Waals surface area contributed by atoms with Gasteiger partial charge in [0.05, 0.1) is 10.5 Å². The first-order valence-corrected chi connectivity index (χ1v) is 7.92. The molecule has 1 amide bonds. The van der Waals surface area contributed by atoms with E-state index in [0.29, 0.717) is 31.6 Å². The first-order valence-electron chi connectivity index (χ1n) is 7.92. The number of nitro groups is 1. The van der Waals surface area contributed by atoms with Crippen molar-refractivity contribution < 1.29 is 18.8 Å². The van der Waals surface area contributed by atoms with Crippen LogP contribution >= 0.6 is 0 Å². The molecule has 1 heterocycles. The maximum Gasteiger partial charge on any atom is 0.282 e. The second-order valence-electron chi connectivity index (χ2n) is 5.93. The van der Waals surface area contributed by atoms with Crippen molar-refractivity contribution in [1.29, 1.82) is 0 Å². The van der Waals surface area contributed by atoms with Crippen LogP contribution in [0.3, 0.4) is 0 Å². The average molecular weight is 344 g/mol. The number of halogens is 1. The Morgan fingerprint density at radius 1 is 1.16 bits per heavy atom. The zero-order chi connectivity index (χ0) is 17.9. The van der Waals surface area contributed by atoms with E-state index in [4.69, 9.17) is 4.74 Å². The highest BCUT2D eigenvalue weighted by atomic mass is 19.1. The number of rotatable bonds is 4. The molecule has 2 aromatic rings. The average Bonchev–Trinajstić information content (AvgIpc) is 2.62. The van der Waals surface area contributed by atoms with E-state index in [-0.39, 0.29) is 11.3 Å². The van der Waals surface area contributed by atoms with Crippen LogP contribution < -0.4 is 5.32 Å². The van der Waals surface area contributed by atoms with Crippen LogP contribution in [-0.4, -0.2) is 24.0 Å². The minimum atomic E-state index is -0.818. The molecule has 0 atom stereocenters. The molecule has 25 heavy (non-hydrogen) atoms. The number of benzene rings is 2. The van der Waals surface area contributed by atoms with E-state index >= 15 is 0 Å². The molecule has 3 rings (SSSR count). The van der Waals surface area contributed by atoms with Crippen molar-refractivity contribution >= 4 is 11.6 Å². The lowest BCUT2D eigenvalue weighted by Gasteiger charge is -2.38. The summed E-state index contributed by atoms with van der Waals surface area (Å²) in [6.07, 6.45) is 0.922. The summed E-state index contributed by atoms with van der Waals surface area (Å²) in [4.78, 5) is 23.3. The summed E-state index contributed by atoms with van der Waals surface area (Å²) >= 11 is 0. The number of nitro benzene ring substituents is 1. The molecule has 2 aromatic carbocycles. The van der Waals surface area contributed by atoms with Crippen LogP contribution in [0.15, 0.2) is 48.5 Å². The molecule has 130 valence electrons. The first kappa shape index (κ1) is 17.0. The van der Waals surface area contributed by atoms with Gasteiger partial charge in [0.25, 0.3) is 11.6 Å². The predicted molar refractivity (Wildman–Crippen MR) is 88.7 cm³/mol. The maximum absolute atomic E-state index is 13.7. The molecule has 0 spiro atoms. The van der Waals surface area contributed by atoms with Crippen molar-refractivity contribution in [3.63, 3.8) is 0 Å². The highest BCUT2D eigenvalue weighted by Crippen LogP contribution is 2.33. The van der Waals surface area contributed by atoms with Gasteiger partial charge in [0.2, 0.25) is 0 Å². The van der Waals surface area contributed by atoms with Gasteiger partial charge in [-0.3, -0.25) is 14.9 Å². The van der Waals surface area contributed by atoms with E-state index in [9.17, 15) is 19.3 Å². The number of nitrogens with one attached hydrogen (secondary N) is 1. The standard InChI is InChI=1S/C18H17FN2O4/c19-14-5-3-4-13(12-14)18(8-10-25-11-9-18)20-17(22)15-6-1-2-7-16(15)21(23)24/h1-7,12H,8-11H2,(H,20,22). The van der Waals surface area contributed by atoms with Crippen molar-refractivity contribution in [2.45, 2.75) is 18.4 Å². The smallest absolute Gasteiger partial charge is 0.282 e. The van der Waals surface area contributed by atoms with Gasteiger partial charge in [-0.25, -0.2) is 4.39 Å². The highest BCUT2D eigenvalue weighted by Gasteiger charge is 2.37. The van der Waals surface area contributed by atoms with E-state index in [2.05, 4.69) is 5.32 Å². The van der Waals surface area contributed by atoms with Crippen molar-refractivity contribution in [3.05, 3.63) is 75.6 Å². The monoisotopic (exact) mass is 344 g/mol. The Kier molecular flexibility index (Phi) is 4.76. The molecule has 0 aromatic heterocycles. The van der Waals surface area contributed by atoms with Crippen molar-refractivity contribution in [1.82, 2.24) is 5.32 Å². The van der Waals surface area contributed by atoms with Gasteiger partial charge in [-0.2, -0.15) is 0 Å². The number of carbonyl (C=O) groups excluding carboxylic acids is 1. The summed E-state index contributed by atoms with van der Waals surface area (Å²) in [5.41, 5.74) is -0.472. The third-order valence-corrected chi connectivity index (χ3v) is 4.42. The Bertz CT molecular complexity index is 803. The number of ether oxygens (including phenoxy) is 1. The zero-order valence-corrected chi connectivity index (χ0v) is 13.4. The molecule has 0 bridgehead atoms. The van der Waals surface area contributed by atoms with Gasteiger partial charge in [0.15, 0.2) is 0 Å². The van der Waals surface area contributed by atoms with E-state index in [1.165, 1.54) is 30.3 Å². The Morgan fingerprint density at radius 3 is 2.56 bits per heavy atom. The summed E-state index contributed by atoms with van der Waals surface area (Å²) in [7, 11) is 0. The SMILES string of the molecule is O=C(NC1(c2cccc(F)c2)CCOCC1)c1ccccc1[N+](=O)[O-]. The maximum atomic E-state index is 13.7. The molecule has 0 saturated carbocycles. The lowest BCUT2D eigenvalue weighted by atomic mass is 9.82. The number of hydrogen-bond donors (Lipinski definition) is 1. The molecule has 0 aliphatic carbocycles. The highest BCUT2D eigenvalue weighted by molar-refractivity contribution is 5.98. The van der Waals surface area contributed by atoms with E-state index in [1.54, 1.807) is 18.2 Å². The zero-order valence-electron chi connectivity index (χ0n) is 13.4. The fourth-order valence-corrected chi connectivity index (χ4v) is 3.10. The largest absolute Gasteiger partial charge is 0.381 e. The third kappa shape index (κ3) is 3.51. The molecular formula is C18H17FN2O4. The van der Waals surface area contributed by atoms with Gasteiger partial charge in [-0.15, -0.1) is 0 Å². The Labute approximate surface area is 143 Å². The molecule has 1 saturated heterocycles. The molecule has 0 unspecified atom stereocenters. The number of hydrogen-bond acceptors (Lipinski definition) is 4. The molecular weight excluding hydrogens is 327 g/mol. The van der Waals surface area contributed by atoms with E-state index < -0.39 is 22.2 Å². The molecule has 0 radical (unpaired) electrons. The molecule has 6 nitrogen and oxygen atoms in total. The van der Waals surface area contributed by atoms with Crippen LogP contribution in [0.5, 0.6) is 0 Å². The Balaban J connectivity index is 1.96. The van der Waals surface area contributed by atoms with Crippen LogP contribution in [0, 0.1) is 15.9 Å². The summed E-state index contributed by atoms with van der Waals surface area (Å²) < 4.78 is 19.1. The summed E-state index contributed by atoms with van der Waals surface area (Å²) in [6.45, 7) is 0.821. The van der Waals surface area contributed by atoms with Crippen molar-refractivity contribution in [2.75, 3.05) is 13.2 Å². The molecule has 1 N–H and O–H groups in total. The molecule has 1 aliphatic heterocycles. The third-order valence-electron chi connectivity index (χ3n) is 4.42. The topological polar surface area (TPSA) is 81.5 Å². The predicted octanol–water partition coefficient (Wildman–Crippen LogP) is 3.17. The van der Waals surface area contributed by atoms with Crippen LogP contribution in [-0.2, 0) is 10.3 Å². The van der Waals surface area contributed by atoms with Gasteiger partial charge in [0.1, 0.15) is 11.4 Å². The molecule has 7 heteroatoms. The number of amides is 1. The molecule has 1 fully saturated rings. The first-order chi connectivity index (χ1) is 12.0. The fraction of sp³-hybridized carbons (Fsp3) is 0.278. The van der Waals surface area contributed by atoms with E-state index in [1.807, 2.05) is 0 Å². The van der Waals surface area contributed by atoms with Gasteiger partial charge >= 0.3 is 0 Å². The summed E-state index contributed by atoms with van der Waals surface area (Å²) in [5.74, 6) is -0.957. The van der Waals surface area contributed by atoms with Gasteiger partial charge in [-0.1, -0.05) is 24.3 Å². The lowest BCUT2D eigenvalue weighted by Crippen LogP contribution is -2.49. The summed E-state index contributed by atoms with van der Waals surface area (Å²) in [6, 6.07) is 11.8. The second kappa shape index (κ2) is 6.98. The second-order valence-corrected chi connectivity index (χ2v) is 5.93. The number of carbonyl (C=O) groups is 1. The van der Waals surface area contributed by atoms with Gasteiger partial charge in [0, 0.05) is 19.3 Å². The quantitative estimate of drug-likeness (QED) is 0.682. The summed E-state index contributed by atoms with van der Waals surface area (Å²) in [5, 5.41) is 14.1. The lowest BCUT2D eigenvalue weighted by molar-refractivity contribution is -0.385. The Morgan fingerprint density at radius 2 is 1.88 bits per heavy atom. The van der Waals surface area contributed by atoms with Crippen LogP contribution in [0.4, 0.5) is 10.1 Å². The minimum Gasteiger partial charge on any atom is -0.381 e. The number of nitrogens with zero attached hydrogens (tertiary/aromatic N) is 1. The van der Waals surface area contributed by atoms with E-state index in [0.717, 1.165) is 0 Å². The van der Waals surface area contributed by atoms with Gasteiger partial charge in [-0.05, 0) is 36.6 Å². The van der Waals surface area contributed by atoms with Crippen LogP contribution in [0.25, 0.3) is 0 Å². The minimum absolute atomic E-state index is 0.0187. The molecule has 1 aliphatic rings. The van der Waals surface area contributed by atoms with Crippen molar-refractivity contribution in [3.8, 4) is 0 Å². The fourth-order valence-electron chi connectivity index (χ4n) is 3.10. The van der Waals surface area contributed by atoms with Crippen LogP contribution in [0.1, 0.15) is 28.8 Å². The Hall–Kier alpha value is -2.80. The van der Waals surface area contributed by atoms with Crippen LogP contribution in [0.2, 0.25) is 0 Å². The normalized spacial score (nSPS) is 16.2. The number of para-hydroxylation sites is 1. The van der Waals surface area contributed by atoms with Gasteiger partial charge < -0.3 is 10.1 Å².